The fraction of sp³-hybridized carbons (Fsp3) is 0.538. The maximum Gasteiger partial charge on any atom is 0.142 e. The van der Waals surface area contributed by atoms with Crippen LogP contribution in [0.25, 0.3) is 0 Å². The van der Waals surface area contributed by atoms with Crippen LogP contribution in [-0.4, -0.2) is 13.2 Å². The Bertz CT molecular complexity index is 358. The first-order valence-electron chi connectivity index (χ1n) is 5.65. The van der Waals surface area contributed by atoms with Gasteiger partial charge in [-0.15, -0.1) is 0 Å². The predicted octanol–water partition coefficient (Wildman–Crippen LogP) is 3.18. The van der Waals surface area contributed by atoms with Crippen molar-refractivity contribution < 1.29 is 4.74 Å². The van der Waals surface area contributed by atoms with E-state index in [4.69, 9.17) is 4.74 Å². The molecule has 0 fully saturated rings. The third-order valence-electron chi connectivity index (χ3n) is 3.32. The van der Waals surface area contributed by atoms with Crippen molar-refractivity contribution in [2.24, 2.45) is 0 Å². The minimum absolute atomic E-state index is 0.232. The predicted molar refractivity (Wildman–Crippen MR) is 63.7 cm³/mol. The molecular weight excluding hydrogens is 186 g/mol. The third kappa shape index (κ3) is 1.94. The molecule has 0 aliphatic carbocycles. The first kappa shape index (κ1) is 10.3. The molecule has 0 aromatic heterocycles. The highest BCUT2D eigenvalue weighted by Crippen LogP contribution is 2.34. The molecular formula is C13H19NO. The van der Waals surface area contributed by atoms with E-state index in [-0.39, 0.29) is 5.41 Å². The molecule has 0 spiro atoms. The summed E-state index contributed by atoms with van der Waals surface area (Å²) in [6.45, 7) is 8.43. The molecule has 2 nitrogen and oxygen atoms in total. The Hall–Kier alpha value is -1.18. The molecule has 1 aliphatic heterocycles. The van der Waals surface area contributed by atoms with Gasteiger partial charge in [0.1, 0.15) is 12.4 Å². The van der Waals surface area contributed by atoms with Crippen molar-refractivity contribution in [3.05, 3.63) is 23.8 Å². The molecule has 0 saturated heterocycles. The third-order valence-corrected chi connectivity index (χ3v) is 3.32. The lowest BCUT2D eigenvalue weighted by Crippen LogP contribution is -2.20. The van der Waals surface area contributed by atoms with E-state index in [0.29, 0.717) is 0 Å². The van der Waals surface area contributed by atoms with Gasteiger partial charge in [0.25, 0.3) is 0 Å². The van der Waals surface area contributed by atoms with Crippen LogP contribution in [0.15, 0.2) is 18.2 Å². The van der Waals surface area contributed by atoms with Crippen LogP contribution >= 0.6 is 0 Å². The van der Waals surface area contributed by atoms with Crippen LogP contribution < -0.4 is 10.1 Å². The van der Waals surface area contributed by atoms with Gasteiger partial charge in [0, 0.05) is 6.54 Å². The quantitative estimate of drug-likeness (QED) is 0.800. The second-order valence-electron chi connectivity index (χ2n) is 4.72. The molecule has 2 rings (SSSR count). The summed E-state index contributed by atoms with van der Waals surface area (Å²) in [4.78, 5) is 0. The molecule has 15 heavy (non-hydrogen) atoms. The van der Waals surface area contributed by atoms with E-state index in [1.807, 2.05) is 0 Å². The molecule has 1 heterocycles. The van der Waals surface area contributed by atoms with Crippen LogP contribution in [0.2, 0.25) is 0 Å². The highest BCUT2D eigenvalue weighted by molar-refractivity contribution is 5.59. The van der Waals surface area contributed by atoms with Crippen molar-refractivity contribution >= 4 is 5.69 Å². The Morgan fingerprint density at radius 2 is 2.20 bits per heavy atom. The Morgan fingerprint density at radius 1 is 1.40 bits per heavy atom. The van der Waals surface area contributed by atoms with Crippen LogP contribution in [0.1, 0.15) is 32.8 Å². The van der Waals surface area contributed by atoms with Crippen molar-refractivity contribution in [3.63, 3.8) is 0 Å². The lowest BCUT2D eigenvalue weighted by molar-refractivity contribution is 0.322. The monoisotopic (exact) mass is 205 g/mol. The minimum atomic E-state index is 0.232. The summed E-state index contributed by atoms with van der Waals surface area (Å²) in [6, 6.07) is 6.50. The summed E-state index contributed by atoms with van der Waals surface area (Å²) < 4.78 is 5.64. The second kappa shape index (κ2) is 3.76. The Balaban J connectivity index is 2.36. The summed E-state index contributed by atoms with van der Waals surface area (Å²) in [5, 5.41) is 3.33. The zero-order valence-corrected chi connectivity index (χ0v) is 9.76. The summed E-state index contributed by atoms with van der Waals surface area (Å²) in [5.41, 5.74) is 2.71. The second-order valence-corrected chi connectivity index (χ2v) is 4.72. The number of fused-ring (bicyclic) bond motifs is 1. The molecule has 0 bridgehead atoms. The summed E-state index contributed by atoms with van der Waals surface area (Å²) in [5.74, 6) is 1.00. The summed E-state index contributed by atoms with van der Waals surface area (Å²) in [6.07, 6.45) is 1.14. The van der Waals surface area contributed by atoms with Gasteiger partial charge < -0.3 is 10.1 Å². The number of ether oxygens (including phenoxy) is 1. The molecule has 1 N–H and O–H groups in total. The number of hydrogen-bond donors (Lipinski definition) is 1. The van der Waals surface area contributed by atoms with E-state index in [0.717, 1.165) is 31.0 Å². The highest BCUT2D eigenvalue weighted by atomic mass is 16.5. The minimum Gasteiger partial charge on any atom is -0.490 e. The first-order chi connectivity index (χ1) is 7.13. The fourth-order valence-electron chi connectivity index (χ4n) is 1.76. The van der Waals surface area contributed by atoms with E-state index < -0.39 is 0 Å². The standard InChI is InChI=1S/C13H19NO/c1-4-13(2,3)10-5-6-11-12(9-10)15-8-7-14-11/h5-6,9,14H,4,7-8H2,1-3H3. The van der Waals surface area contributed by atoms with Gasteiger partial charge in [-0.2, -0.15) is 0 Å². The van der Waals surface area contributed by atoms with Gasteiger partial charge in [0.2, 0.25) is 0 Å². The van der Waals surface area contributed by atoms with Crippen LogP contribution in [0, 0.1) is 0 Å². The number of anilines is 1. The van der Waals surface area contributed by atoms with Gasteiger partial charge in [-0.05, 0) is 29.5 Å². The molecule has 0 amide bonds. The van der Waals surface area contributed by atoms with Crippen LogP contribution in [0.3, 0.4) is 0 Å². The Labute approximate surface area is 91.6 Å². The van der Waals surface area contributed by atoms with E-state index in [9.17, 15) is 0 Å². The SMILES string of the molecule is CCC(C)(C)c1ccc2c(c1)OCCN2. The smallest absolute Gasteiger partial charge is 0.142 e. The average molecular weight is 205 g/mol. The highest BCUT2D eigenvalue weighted by Gasteiger charge is 2.20. The topological polar surface area (TPSA) is 21.3 Å². The fourth-order valence-corrected chi connectivity index (χ4v) is 1.76. The van der Waals surface area contributed by atoms with E-state index >= 15 is 0 Å². The molecule has 82 valence electrons. The number of hydrogen-bond acceptors (Lipinski definition) is 2. The Morgan fingerprint density at radius 3 is 2.93 bits per heavy atom. The van der Waals surface area contributed by atoms with Gasteiger partial charge >= 0.3 is 0 Å². The molecule has 0 saturated carbocycles. The summed E-state index contributed by atoms with van der Waals surface area (Å²) in [7, 11) is 0. The van der Waals surface area contributed by atoms with Gasteiger partial charge in [-0.1, -0.05) is 26.8 Å². The molecule has 0 radical (unpaired) electrons. The maximum absolute atomic E-state index is 5.64. The van der Waals surface area contributed by atoms with Crippen molar-refractivity contribution in [1.82, 2.24) is 0 Å². The maximum atomic E-state index is 5.64. The lowest BCUT2D eigenvalue weighted by Gasteiger charge is -2.26. The largest absolute Gasteiger partial charge is 0.490 e. The molecule has 1 aromatic carbocycles. The zero-order valence-electron chi connectivity index (χ0n) is 9.76. The number of benzene rings is 1. The molecule has 0 unspecified atom stereocenters. The van der Waals surface area contributed by atoms with Crippen LogP contribution in [0.4, 0.5) is 5.69 Å². The van der Waals surface area contributed by atoms with Crippen molar-refractivity contribution in [2.45, 2.75) is 32.6 Å². The zero-order chi connectivity index (χ0) is 10.9. The van der Waals surface area contributed by atoms with Gasteiger partial charge in [0.05, 0.1) is 5.69 Å². The molecule has 1 aliphatic rings. The molecule has 2 heteroatoms. The van der Waals surface area contributed by atoms with Crippen LogP contribution in [0.5, 0.6) is 5.75 Å². The molecule has 1 aromatic rings. The number of nitrogens with one attached hydrogen (secondary N) is 1. The van der Waals surface area contributed by atoms with E-state index in [2.05, 4.69) is 44.3 Å². The number of rotatable bonds is 2. The lowest BCUT2D eigenvalue weighted by atomic mass is 9.82. The van der Waals surface area contributed by atoms with Crippen molar-refractivity contribution in [2.75, 3.05) is 18.5 Å². The average Bonchev–Trinajstić information content (AvgIpc) is 2.28. The van der Waals surface area contributed by atoms with Crippen LogP contribution in [-0.2, 0) is 5.41 Å². The van der Waals surface area contributed by atoms with Gasteiger partial charge in [0.15, 0.2) is 0 Å². The van der Waals surface area contributed by atoms with Crippen molar-refractivity contribution in [3.8, 4) is 5.75 Å². The van der Waals surface area contributed by atoms with E-state index in [1.165, 1.54) is 5.56 Å². The summed E-state index contributed by atoms with van der Waals surface area (Å²) >= 11 is 0. The van der Waals surface area contributed by atoms with E-state index in [1.54, 1.807) is 0 Å². The van der Waals surface area contributed by atoms with Gasteiger partial charge in [-0.3, -0.25) is 0 Å². The first-order valence-corrected chi connectivity index (χ1v) is 5.65. The van der Waals surface area contributed by atoms with Gasteiger partial charge in [-0.25, -0.2) is 0 Å². The molecule has 0 atom stereocenters. The van der Waals surface area contributed by atoms with Crippen molar-refractivity contribution in [1.29, 1.82) is 0 Å². The normalized spacial score (nSPS) is 15.1. The Kier molecular flexibility index (Phi) is 2.59.